The van der Waals surface area contributed by atoms with E-state index in [2.05, 4.69) is 87.4 Å². The average molecular weight is 2740 g/mol. The van der Waals surface area contributed by atoms with Crippen LogP contribution in [0.2, 0.25) is 0 Å². The Balaban J connectivity index is 0.000000416. The summed E-state index contributed by atoms with van der Waals surface area (Å²) in [5.41, 5.74) is 63.0. The van der Waals surface area contributed by atoms with Crippen molar-refractivity contribution in [2.24, 2.45) is 77.3 Å². The predicted octanol–water partition coefficient (Wildman–Crippen LogP) is 3.34. The van der Waals surface area contributed by atoms with Gasteiger partial charge >= 0.3 is 0 Å². The number of ketones is 5. The van der Waals surface area contributed by atoms with E-state index in [1.807, 2.05) is 97.1 Å². The molecule has 2 fully saturated rings. The molecule has 2 aliphatic heterocycles. The molecule has 5 aromatic heterocycles. The zero-order chi connectivity index (χ0) is 91.6. The van der Waals surface area contributed by atoms with Crippen molar-refractivity contribution in [2.45, 2.75) is 151 Å². The number of thiazole rings is 5. The second kappa shape index (κ2) is 63.9. The van der Waals surface area contributed by atoms with Crippen LogP contribution in [0.25, 0.3) is 62.6 Å². The average Bonchev–Trinajstić information content (AvgIpc) is 1.69. The van der Waals surface area contributed by atoms with Crippen LogP contribution in [0.5, 0.6) is 0 Å². The number of amides is 6. The number of aromatic nitrogens is 5. The normalized spacial score (nSPS) is 15.0. The number of hydrogen-bond donors (Lipinski definition) is 17. The van der Waals surface area contributed by atoms with Gasteiger partial charge in [0.15, 0.2) is 60.7 Å². The molecule has 130 heavy (non-hydrogen) atoms. The van der Waals surface area contributed by atoms with Crippen LogP contribution < -0.4 is 83.9 Å². The molecule has 7 unspecified atom stereocenters. The van der Waals surface area contributed by atoms with Crippen molar-refractivity contribution in [1.29, 1.82) is 0 Å². The van der Waals surface area contributed by atoms with Crippen molar-refractivity contribution in [3.05, 3.63) is 155 Å². The molecule has 0 saturated carbocycles. The van der Waals surface area contributed by atoms with E-state index in [4.69, 9.17) is 63.1 Å². The molecule has 0 aliphatic carbocycles. The molecule has 7 heterocycles. The van der Waals surface area contributed by atoms with Gasteiger partial charge in [-0.3, -0.25) is 72.7 Å². The molecule has 41 nitrogen and oxygen atoms in total. The SMILES string of the molecule is C[N-]CC(=O)NC(CCCN=C(N)N)C(=O)c1nc2ccccc2s1.NC(=O)CCC(=O)NC(CCCN=C(N)N)C(=O)c1nc2ccccc2s1.NC(N)=NCCCC(NC(=O)[C@@H]1CC(O)C[N-]1)C(=O)c1nccs1.NCCCCC(NC(=O)[C@@H]1CC(O)C[N-]1)C(=O)c1nc2ccccc2s1.[Ac].[Ac].[Ac].[Ac].[NH-]CC(=O)NC(CCCN=C(N)N)C(=O)c1nc2ccccc2s1. The molecule has 690 valence electrons. The number of likely N-dealkylation sites (N-methyl/N-ethyl adjacent to an activating group) is 1. The Hall–Kier alpha value is -6.19. The first-order valence-electron chi connectivity index (χ1n) is 40.0. The van der Waals surface area contributed by atoms with E-state index in [0.717, 1.165) is 53.7 Å². The molecule has 11 rings (SSSR count). The van der Waals surface area contributed by atoms with E-state index in [1.54, 1.807) is 18.6 Å². The minimum absolute atomic E-state index is 0. The van der Waals surface area contributed by atoms with E-state index in [1.165, 1.54) is 56.7 Å². The Morgan fingerprint density at radius 3 is 1.02 bits per heavy atom. The zero-order valence-electron chi connectivity index (χ0n) is 71.4. The van der Waals surface area contributed by atoms with Gasteiger partial charge in [-0.1, -0.05) is 73.7 Å². The topological polar surface area (TPSA) is 729 Å². The monoisotopic (exact) mass is 2730 g/mol. The molecule has 0 spiro atoms. The zero-order valence-corrected chi connectivity index (χ0v) is 94.5. The van der Waals surface area contributed by atoms with E-state index >= 15 is 0 Å². The molecule has 2 aliphatic rings. The van der Waals surface area contributed by atoms with Gasteiger partial charge in [-0.05, 0) is 139 Å². The maximum atomic E-state index is 12.9. The maximum absolute atomic E-state index is 12.9. The number of unbranched alkanes of at least 4 members (excludes halogenated alkanes) is 1. The van der Waals surface area contributed by atoms with Crippen LogP contribution in [0.3, 0.4) is 0 Å². The number of nitrogens with one attached hydrogen (secondary N) is 6. The second-order valence-electron chi connectivity index (χ2n) is 28.3. The summed E-state index contributed by atoms with van der Waals surface area (Å²) in [4.78, 5) is 172. The van der Waals surface area contributed by atoms with Crippen LogP contribution in [0.1, 0.15) is 145 Å². The largest absolute Gasteiger partial charge is 0.670 e. The van der Waals surface area contributed by atoms with E-state index in [0.29, 0.717) is 122 Å². The first-order valence-corrected chi connectivity index (χ1v) is 44.2. The van der Waals surface area contributed by atoms with Gasteiger partial charge in [0, 0.05) is 239 Å². The minimum Gasteiger partial charge on any atom is -0.670 e. The van der Waals surface area contributed by atoms with Gasteiger partial charge in [-0.2, -0.15) is 7.05 Å². The summed E-state index contributed by atoms with van der Waals surface area (Å²) in [6, 6.07) is 25.2. The van der Waals surface area contributed by atoms with Crippen LogP contribution in [-0.2, 0) is 28.8 Å². The van der Waals surface area contributed by atoms with Gasteiger partial charge in [-0.15, -0.1) is 69.8 Å². The number of nitrogens with zero attached hydrogens (tertiary/aromatic N) is 12. The fourth-order valence-corrected chi connectivity index (χ4v) is 16.7. The Kier molecular flexibility index (Phi) is 58.0. The summed E-state index contributed by atoms with van der Waals surface area (Å²) in [5.74, 6) is -3.72. The number of benzene rings is 4. The fraction of sp³-hybridized carbons (Fsp3) is 0.425. The number of fused-ring (bicyclic) bond motifs is 4. The summed E-state index contributed by atoms with van der Waals surface area (Å²) >= 11 is 6.42. The third-order valence-corrected chi connectivity index (χ3v) is 23.3. The van der Waals surface area contributed by atoms with E-state index < -0.39 is 78.8 Å². The maximum Gasteiger partial charge on any atom is 0.221 e. The first kappa shape index (κ1) is 118. The molecule has 50 heteroatoms. The van der Waals surface area contributed by atoms with Gasteiger partial charge < -0.3 is 116 Å². The van der Waals surface area contributed by atoms with Crippen LogP contribution in [0, 0.1) is 176 Å². The predicted molar refractivity (Wildman–Crippen MR) is 491 cm³/mol. The standard InChI is InChI=1S/C18H23N4O3S.C17H22N6O3S.C16H21N6O2S.C15H19N6O2S.C14H21N6O3S.4Ac/c19-8-4-3-6-13(21-17(25)14-9-11(23)10-20-14)16(24)18-22-12-5-1-2-7-15(12)26-18;18-13(24)7-8-14(25)22-11(5-3-9-21-17(19)20)15(26)16-23-10-4-1-2-6-12(10)27-16;1-19-9-13(23)21-11(6-4-8-20-16(17)18)14(24)15-22-10-5-2-3-7-12(10)25-15;16-8-12(22)20-10(5-3-7-19-15(17)18)13(23)14-21-9-4-1-2-6-11(9)24-14;15-14(16)18-3-1-2-9(11(22)13-17-4-5-24-13)20-12(23)10-6-8(21)7-19-10;;;;/h1-2,5,7,11,13-14,23H,3-4,6,8-10,19H2,(H,21,25);1-2,4,6,11H,3,5,7-9H2,(H2,18,24)(H,22,25)(H4,19,20,21);2-3,5,7,11H,4,6,8-9H2,1H3,(H,21,23)(H4,17,18,20);1-2,4,6,10,16H,3,5,7-8H2,(H,20,22)(H4,17,18,19);4-5,8-10,21H,1-3,6-7H2,(H,20,23)(H4,15,16,18);;;;/q-1;;3*-1;;;;/t11?,13?,14-;;;;8?,9?,10-;;;;/m0...0..../s1. The Morgan fingerprint density at radius 2 is 0.746 bits per heavy atom. The number of guanidine groups is 4. The van der Waals surface area contributed by atoms with Crippen LogP contribution >= 0.6 is 56.7 Å². The molecular weight excluding hydrogens is 2630 g/mol. The Morgan fingerprint density at radius 1 is 0.438 bits per heavy atom. The number of aliphatic hydroxyl groups excluding tert-OH is 2. The number of aliphatic hydroxyl groups is 2. The molecule has 9 aromatic rings. The third-order valence-electron chi connectivity index (χ3n) is 18.3. The van der Waals surface area contributed by atoms with Crippen molar-refractivity contribution in [3.63, 3.8) is 0 Å². The van der Waals surface area contributed by atoms with Gasteiger partial charge in [0.2, 0.25) is 52.5 Å². The first-order chi connectivity index (χ1) is 60.4. The quantitative estimate of drug-likeness (QED) is 0.0113. The second-order valence-corrected chi connectivity index (χ2v) is 33.3. The number of rotatable bonds is 43. The number of para-hydroxylation sites is 4. The van der Waals surface area contributed by atoms with Crippen LogP contribution in [0.4, 0.5) is 0 Å². The molecule has 4 radical (unpaired) electrons. The van der Waals surface area contributed by atoms with Crippen LogP contribution in [-0.4, -0.2) is 244 Å². The van der Waals surface area contributed by atoms with Crippen molar-refractivity contribution < 1.29 is 239 Å². The number of aliphatic imine (C=N–C) groups is 4. The van der Waals surface area contributed by atoms with Crippen molar-refractivity contribution in [2.75, 3.05) is 66.0 Å². The van der Waals surface area contributed by atoms with Gasteiger partial charge in [0.1, 0.15) is 0 Å². The molecule has 0 bridgehead atoms. The molecule has 28 N–H and O–H groups in total. The smallest absolute Gasteiger partial charge is 0.221 e. The molecule has 9 atom stereocenters. The summed E-state index contributed by atoms with van der Waals surface area (Å²) < 4.78 is 3.67. The third kappa shape index (κ3) is 42.0. The summed E-state index contributed by atoms with van der Waals surface area (Å²) in [6.07, 6.45) is 6.43. The van der Waals surface area contributed by atoms with E-state index in [9.17, 15) is 63.0 Å². The Bertz CT molecular complexity index is 5110. The van der Waals surface area contributed by atoms with Crippen molar-refractivity contribution in [3.8, 4) is 0 Å². The minimum atomic E-state index is -0.778. The number of primary amides is 1. The number of hydrogen-bond acceptors (Lipinski definition) is 28. The molecule has 4 aromatic carbocycles. The van der Waals surface area contributed by atoms with Crippen molar-refractivity contribution in [1.82, 2.24) is 51.5 Å². The number of Topliss-reactive ketones (excluding diaryl/α,β-unsaturated/α-hetero) is 5. The number of carbonyl (C=O) groups excluding carboxylic acids is 11. The molecule has 6 amide bonds. The number of nitrogens with two attached hydrogens (primary N) is 10. The van der Waals surface area contributed by atoms with Crippen LogP contribution in [0.15, 0.2) is 129 Å². The summed E-state index contributed by atoms with van der Waals surface area (Å²) in [7, 11) is 1.54. The molecular formula is C80H106Ac4N28O13S5-4. The van der Waals surface area contributed by atoms with Gasteiger partial charge in [-0.25, -0.2) is 24.9 Å². The summed E-state index contributed by atoms with van der Waals surface area (Å²) in [6.45, 7) is 2.09. The molecule has 2 saturated heterocycles. The Labute approximate surface area is 913 Å². The number of carbonyl (C=O) groups is 11. The van der Waals surface area contributed by atoms with Crippen molar-refractivity contribution >= 4 is 186 Å². The van der Waals surface area contributed by atoms with Gasteiger partial charge in [0.25, 0.3) is 0 Å². The van der Waals surface area contributed by atoms with E-state index in [-0.39, 0.29) is 286 Å². The summed E-state index contributed by atoms with van der Waals surface area (Å²) in [5, 5.41) is 48.0. The fourth-order valence-electron chi connectivity index (χ4n) is 12.2. The van der Waals surface area contributed by atoms with Gasteiger partial charge in [0.05, 0.1) is 71.1 Å².